The summed E-state index contributed by atoms with van der Waals surface area (Å²) >= 11 is 0. The molecule has 2 unspecified atom stereocenters. The van der Waals surface area contributed by atoms with Crippen molar-refractivity contribution in [1.29, 1.82) is 0 Å². The molecule has 0 aromatic rings. The first-order valence-corrected chi connectivity index (χ1v) is 5.54. The van der Waals surface area contributed by atoms with Gasteiger partial charge in [0, 0.05) is 0 Å². The molecule has 0 saturated heterocycles. The Bertz CT molecular complexity index is 260. The minimum atomic E-state index is -2.44. The van der Waals surface area contributed by atoms with E-state index >= 15 is 0 Å². The molecule has 0 aromatic heterocycles. The van der Waals surface area contributed by atoms with Gasteiger partial charge in [-0.3, -0.25) is 4.79 Å². The molecule has 5 nitrogen and oxygen atoms in total. The molecule has 6 heteroatoms. The molecule has 0 aromatic carbocycles. The Morgan fingerprint density at radius 1 is 1.29 bits per heavy atom. The van der Waals surface area contributed by atoms with E-state index in [0.717, 1.165) is 26.2 Å². The molecule has 0 heterocycles. The Hall–Kier alpha value is 0.0600. The molecule has 96 valence electrons. The van der Waals surface area contributed by atoms with Crippen molar-refractivity contribution in [3.63, 3.8) is 0 Å². The Labute approximate surface area is 125 Å². The van der Waals surface area contributed by atoms with E-state index in [1.165, 1.54) is 0 Å². The third kappa shape index (κ3) is 5.97. The number of hydrogen-bond acceptors (Lipinski definition) is 4. The molecule has 0 saturated carbocycles. The van der Waals surface area contributed by atoms with Crippen molar-refractivity contribution in [2.24, 2.45) is 0 Å². The normalized spacial score (nSPS) is 15.5. The number of hydrogen-bond donors (Lipinski definition) is 3. The van der Waals surface area contributed by atoms with Gasteiger partial charge in [0.15, 0.2) is 0 Å². The number of carbonyl (C=O) groups excluding carboxylic acids is 1. The number of aliphatic carboxylic acids is 1. The molecule has 3 N–H and O–H groups in total. The molecular weight excluding hydrogens is 235 g/mol. The largest absolute Gasteiger partial charge is 1.00 e. The Balaban J connectivity index is -0.00000112. The van der Waals surface area contributed by atoms with Gasteiger partial charge in [0.25, 0.3) is 0 Å². The maximum atomic E-state index is 11.4. The van der Waals surface area contributed by atoms with Crippen molar-refractivity contribution >= 4 is 11.8 Å². The first-order chi connectivity index (χ1) is 7.36. The average Bonchev–Trinajstić information content (AvgIpc) is 2.22. The van der Waals surface area contributed by atoms with Crippen LogP contribution < -0.4 is 29.6 Å². The summed E-state index contributed by atoms with van der Waals surface area (Å²) in [5.41, 5.74) is -2.44. The van der Waals surface area contributed by atoms with Crippen LogP contribution in [0.5, 0.6) is 0 Å². The summed E-state index contributed by atoms with van der Waals surface area (Å²) < 4.78 is 0. The number of rotatable bonds is 8. The molecule has 0 aliphatic rings. The zero-order valence-corrected chi connectivity index (χ0v) is 12.8. The van der Waals surface area contributed by atoms with Gasteiger partial charge in [-0.05, 0) is 19.8 Å². The van der Waals surface area contributed by atoms with Crippen LogP contribution in [0.2, 0.25) is 0 Å². The standard InChI is InChI=1S/C11H20O5.Na.H/c1-3-4-5-6-7-11(16,10(14)15)9(13)8(2)12;;/h8,12,16H,3-7H2,1-2H3,(H,14,15);;/q;+1;-1. The van der Waals surface area contributed by atoms with E-state index in [2.05, 4.69) is 0 Å². The summed E-state index contributed by atoms with van der Waals surface area (Å²) in [6, 6.07) is 0. The number of Topliss-reactive ketones (excluding diaryl/α,β-unsaturated/α-hetero) is 1. The van der Waals surface area contributed by atoms with E-state index in [1.54, 1.807) is 0 Å². The number of carboxylic acid groups (broad SMARTS) is 1. The molecule has 0 amide bonds. The zero-order chi connectivity index (χ0) is 12.8. The Kier molecular flexibility index (Phi) is 10.3. The quantitative estimate of drug-likeness (QED) is 0.261. The van der Waals surface area contributed by atoms with Crippen LogP contribution in [0.3, 0.4) is 0 Å². The van der Waals surface area contributed by atoms with Crippen molar-refractivity contribution in [3.8, 4) is 0 Å². The summed E-state index contributed by atoms with van der Waals surface area (Å²) in [4.78, 5) is 22.2. The number of carbonyl (C=O) groups is 2. The minimum absolute atomic E-state index is 0. The fourth-order valence-electron chi connectivity index (χ4n) is 1.49. The van der Waals surface area contributed by atoms with Gasteiger partial charge in [-0.1, -0.05) is 26.2 Å². The number of aliphatic hydroxyl groups excluding tert-OH is 1. The minimum Gasteiger partial charge on any atom is -1.00 e. The topological polar surface area (TPSA) is 94.8 Å². The molecule has 0 spiro atoms. The van der Waals surface area contributed by atoms with E-state index in [0.29, 0.717) is 6.42 Å². The van der Waals surface area contributed by atoms with Crippen molar-refractivity contribution in [3.05, 3.63) is 0 Å². The summed E-state index contributed by atoms with van der Waals surface area (Å²) in [7, 11) is 0. The summed E-state index contributed by atoms with van der Waals surface area (Å²) in [5, 5.41) is 27.6. The van der Waals surface area contributed by atoms with Crippen molar-refractivity contribution in [2.75, 3.05) is 0 Å². The molecule has 0 radical (unpaired) electrons. The molecule has 17 heavy (non-hydrogen) atoms. The number of unbranched alkanes of at least 4 members (excludes halogenated alkanes) is 3. The summed E-state index contributed by atoms with van der Waals surface area (Å²) in [6.45, 7) is 3.16. The molecule has 2 atom stereocenters. The SMILES string of the molecule is CCCCCCC(O)(C(=O)O)C(=O)C(C)O.[H-].[Na+]. The Morgan fingerprint density at radius 3 is 2.18 bits per heavy atom. The van der Waals surface area contributed by atoms with Gasteiger partial charge in [0.1, 0.15) is 6.10 Å². The smallest absolute Gasteiger partial charge is 1.00 e. The van der Waals surface area contributed by atoms with Gasteiger partial charge in [-0.2, -0.15) is 0 Å². The second-order valence-corrected chi connectivity index (χ2v) is 4.02. The first kappa shape index (κ1) is 19.4. The van der Waals surface area contributed by atoms with Gasteiger partial charge in [0.05, 0.1) is 0 Å². The average molecular weight is 256 g/mol. The van der Waals surface area contributed by atoms with Crippen LogP contribution in [-0.2, 0) is 9.59 Å². The fraction of sp³-hybridized carbons (Fsp3) is 0.818. The predicted octanol–water partition coefficient (Wildman–Crippen LogP) is -2.16. The van der Waals surface area contributed by atoms with Crippen LogP contribution in [0.25, 0.3) is 0 Å². The monoisotopic (exact) mass is 256 g/mol. The third-order valence-electron chi connectivity index (χ3n) is 2.53. The third-order valence-corrected chi connectivity index (χ3v) is 2.53. The van der Waals surface area contributed by atoms with Crippen LogP contribution in [-0.4, -0.2) is 38.8 Å². The number of carboxylic acids is 1. The summed E-state index contributed by atoms with van der Waals surface area (Å²) in [6.07, 6.45) is 1.52. The van der Waals surface area contributed by atoms with Crippen LogP contribution >= 0.6 is 0 Å². The van der Waals surface area contributed by atoms with Gasteiger partial charge in [-0.15, -0.1) is 0 Å². The van der Waals surface area contributed by atoms with Crippen molar-refractivity contribution in [2.45, 2.75) is 57.7 Å². The van der Waals surface area contributed by atoms with Crippen LogP contribution in [0, 0.1) is 0 Å². The molecular formula is C11H21NaO5. The predicted molar refractivity (Wildman–Crippen MR) is 59.1 cm³/mol. The zero-order valence-electron chi connectivity index (χ0n) is 11.8. The summed E-state index contributed by atoms with van der Waals surface area (Å²) in [5.74, 6) is -2.63. The van der Waals surface area contributed by atoms with E-state index in [1.807, 2.05) is 6.92 Å². The van der Waals surface area contributed by atoms with Gasteiger partial charge in [0.2, 0.25) is 11.4 Å². The Morgan fingerprint density at radius 2 is 1.82 bits per heavy atom. The van der Waals surface area contributed by atoms with Crippen LogP contribution in [0.15, 0.2) is 0 Å². The molecule has 0 aliphatic carbocycles. The van der Waals surface area contributed by atoms with Gasteiger partial charge < -0.3 is 16.7 Å². The van der Waals surface area contributed by atoms with E-state index < -0.39 is 23.5 Å². The van der Waals surface area contributed by atoms with E-state index in [-0.39, 0.29) is 37.4 Å². The van der Waals surface area contributed by atoms with E-state index in [9.17, 15) is 14.7 Å². The molecule has 0 bridgehead atoms. The van der Waals surface area contributed by atoms with Crippen molar-refractivity contribution < 1.29 is 55.9 Å². The maximum absolute atomic E-state index is 11.4. The second kappa shape index (κ2) is 9.05. The van der Waals surface area contributed by atoms with Gasteiger partial charge in [-0.25, -0.2) is 4.79 Å². The number of ketones is 1. The van der Waals surface area contributed by atoms with Crippen LogP contribution in [0.4, 0.5) is 0 Å². The number of aliphatic hydroxyl groups is 2. The van der Waals surface area contributed by atoms with E-state index in [4.69, 9.17) is 10.2 Å². The first-order valence-electron chi connectivity index (χ1n) is 5.54. The van der Waals surface area contributed by atoms with Crippen LogP contribution in [0.1, 0.15) is 47.4 Å². The molecule has 0 aliphatic heterocycles. The van der Waals surface area contributed by atoms with Crippen molar-refractivity contribution in [1.82, 2.24) is 0 Å². The second-order valence-electron chi connectivity index (χ2n) is 4.02. The van der Waals surface area contributed by atoms with Gasteiger partial charge >= 0.3 is 35.5 Å². The maximum Gasteiger partial charge on any atom is 1.00 e. The fourth-order valence-corrected chi connectivity index (χ4v) is 1.49. The molecule has 0 fully saturated rings. The molecule has 0 rings (SSSR count).